The Morgan fingerprint density at radius 3 is 2.55 bits per heavy atom. The molecule has 0 unspecified atom stereocenters. The van der Waals surface area contributed by atoms with E-state index in [1.54, 1.807) is 18.2 Å². The van der Waals surface area contributed by atoms with Gasteiger partial charge in [-0.05, 0) is 23.8 Å². The molecule has 5 heteroatoms. The van der Waals surface area contributed by atoms with E-state index in [1.165, 1.54) is 25.3 Å². The molecule has 0 aromatic heterocycles. The zero-order valence-corrected chi connectivity index (χ0v) is 11.4. The predicted octanol–water partition coefficient (Wildman–Crippen LogP) is 3.94. The topological polar surface area (TPSA) is 42.2 Å². The molecule has 20 heavy (non-hydrogen) atoms. The van der Waals surface area contributed by atoms with Gasteiger partial charge in [0, 0.05) is 6.07 Å². The highest BCUT2D eigenvalue weighted by Gasteiger charge is 2.12. The summed E-state index contributed by atoms with van der Waals surface area (Å²) >= 11 is 6.07. The minimum absolute atomic E-state index is 0.224. The predicted molar refractivity (Wildman–Crippen MR) is 73.5 cm³/mol. The van der Waals surface area contributed by atoms with Crippen LogP contribution in [0.15, 0.2) is 36.4 Å². The first-order valence-electron chi connectivity index (χ1n) is 5.79. The number of benzene rings is 2. The van der Waals surface area contributed by atoms with Crippen LogP contribution in [0.2, 0.25) is 5.02 Å². The summed E-state index contributed by atoms with van der Waals surface area (Å²) in [5, 5.41) is 9.16. The molecule has 2 aromatic carbocycles. The van der Waals surface area contributed by atoms with Crippen molar-refractivity contribution in [3.8, 4) is 17.6 Å². The van der Waals surface area contributed by atoms with Gasteiger partial charge in [-0.1, -0.05) is 23.7 Å². The number of hydrogen-bond acceptors (Lipinski definition) is 3. The van der Waals surface area contributed by atoms with Gasteiger partial charge < -0.3 is 9.47 Å². The maximum absolute atomic E-state index is 12.8. The Morgan fingerprint density at radius 1 is 1.25 bits per heavy atom. The van der Waals surface area contributed by atoms with Crippen LogP contribution in [0.1, 0.15) is 11.1 Å². The Labute approximate surface area is 121 Å². The van der Waals surface area contributed by atoms with E-state index < -0.39 is 0 Å². The highest BCUT2D eigenvalue weighted by molar-refractivity contribution is 6.32. The lowest BCUT2D eigenvalue weighted by atomic mass is 10.2. The Morgan fingerprint density at radius 2 is 1.95 bits per heavy atom. The molecule has 0 aliphatic carbocycles. The van der Waals surface area contributed by atoms with Gasteiger partial charge in [0.2, 0.25) is 0 Å². The first-order valence-corrected chi connectivity index (χ1v) is 6.16. The van der Waals surface area contributed by atoms with Crippen molar-refractivity contribution in [3.63, 3.8) is 0 Å². The lowest BCUT2D eigenvalue weighted by molar-refractivity contribution is 0.284. The molecule has 0 bridgehead atoms. The molecule has 0 aliphatic rings. The van der Waals surface area contributed by atoms with Crippen LogP contribution in [0.25, 0.3) is 0 Å². The van der Waals surface area contributed by atoms with Crippen LogP contribution >= 0.6 is 11.6 Å². The maximum Gasteiger partial charge on any atom is 0.180 e. The molecule has 0 radical (unpaired) electrons. The highest BCUT2D eigenvalue weighted by atomic mass is 35.5. The Bertz CT molecular complexity index is 650. The van der Waals surface area contributed by atoms with E-state index in [0.717, 1.165) is 5.56 Å². The van der Waals surface area contributed by atoms with Crippen molar-refractivity contribution in [1.82, 2.24) is 0 Å². The number of ether oxygens (including phenoxy) is 2. The molecule has 2 rings (SSSR count). The number of rotatable bonds is 4. The molecule has 0 aliphatic heterocycles. The van der Waals surface area contributed by atoms with Crippen molar-refractivity contribution in [3.05, 3.63) is 58.4 Å². The van der Waals surface area contributed by atoms with Crippen molar-refractivity contribution in [2.45, 2.75) is 6.61 Å². The van der Waals surface area contributed by atoms with Crippen molar-refractivity contribution < 1.29 is 13.9 Å². The van der Waals surface area contributed by atoms with Gasteiger partial charge in [-0.25, -0.2) is 4.39 Å². The number of halogens is 2. The van der Waals surface area contributed by atoms with Crippen LogP contribution in [-0.4, -0.2) is 7.11 Å². The van der Waals surface area contributed by atoms with E-state index in [4.69, 9.17) is 26.3 Å². The van der Waals surface area contributed by atoms with E-state index >= 15 is 0 Å². The molecule has 0 heterocycles. The van der Waals surface area contributed by atoms with Gasteiger partial charge in [0.15, 0.2) is 11.5 Å². The van der Waals surface area contributed by atoms with Crippen molar-refractivity contribution in [2.24, 2.45) is 0 Å². The summed E-state index contributed by atoms with van der Waals surface area (Å²) < 4.78 is 23.6. The van der Waals surface area contributed by atoms with Crippen molar-refractivity contribution in [1.29, 1.82) is 5.26 Å². The third kappa shape index (κ3) is 3.19. The smallest absolute Gasteiger partial charge is 0.180 e. The largest absolute Gasteiger partial charge is 0.493 e. The molecule has 0 amide bonds. The zero-order valence-electron chi connectivity index (χ0n) is 10.7. The van der Waals surface area contributed by atoms with Gasteiger partial charge in [-0.15, -0.1) is 0 Å². The molecule has 102 valence electrons. The van der Waals surface area contributed by atoms with Crippen LogP contribution in [0.3, 0.4) is 0 Å². The SMILES string of the molecule is COc1cc(C#N)cc(Cl)c1OCc1ccc(F)cc1. The fraction of sp³-hybridized carbons (Fsp3) is 0.133. The first-order chi connectivity index (χ1) is 9.63. The third-order valence-corrected chi connectivity index (χ3v) is 2.94. The van der Waals surface area contributed by atoms with Crippen LogP contribution < -0.4 is 9.47 Å². The third-order valence-electron chi connectivity index (χ3n) is 2.65. The number of methoxy groups -OCH3 is 1. The van der Waals surface area contributed by atoms with Gasteiger partial charge in [-0.2, -0.15) is 5.26 Å². The van der Waals surface area contributed by atoms with E-state index in [-0.39, 0.29) is 12.4 Å². The maximum atomic E-state index is 12.8. The van der Waals surface area contributed by atoms with Gasteiger partial charge in [0.1, 0.15) is 12.4 Å². The molecule has 2 aromatic rings. The molecular formula is C15H11ClFNO2. The summed E-state index contributed by atoms with van der Waals surface area (Å²) in [4.78, 5) is 0. The summed E-state index contributed by atoms with van der Waals surface area (Å²) in [7, 11) is 1.47. The summed E-state index contributed by atoms with van der Waals surface area (Å²) in [5.74, 6) is 0.441. The molecule has 0 N–H and O–H groups in total. The monoisotopic (exact) mass is 291 g/mol. The fourth-order valence-electron chi connectivity index (χ4n) is 1.66. The Kier molecular flexibility index (Phi) is 4.44. The summed E-state index contributed by atoms with van der Waals surface area (Å²) in [5.41, 5.74) is 1.19. The van der Waals surface area contributed by atoms with Gasteiger partial charge in [0.05, 0.1) is 23.8 Å². The molecule has 0 saturated carbocycles. The lowest BCUT2D eigenvalue weighted by Gasteiger charge is -2.12. The quantitative estimate of drug-likeness (QED) is 0.857. The fourth-order valence-corrected chi connectivity index (χ4v) is 1.93. The van der Waals surface area contributed by atoms with Crippen molar-refractivity contribution in [2.75, 3.05) is 7.11 Å². The van der Waals surface area contributed by atoms with Gasteiger partial charge in [0.25, 0.3) is 0 Å². The highest BCUT2D eigenvalue weighted by Crippen LogP contribution is 2.36. The lowest BCUT2D eigenvalue weighted by Crippen LogP contribution is -1.99. The van der Waals surface area contributed by atoms with Crippen LogP contribution in [0.4, 0.5) is 4.39 Å². The Hall–Kier alpha value is -2.25. The van der Waals surface area contributed by atoms with Crippen LogP contribution in [-0.2, 0) is 6.61 Å². The number of hydrogen-bond donors (Lipinski definition) is 0. The standard InChI is InChI=1S/C15H11ClFNO2/c1-19-14-7-11(8-18)6-13(16)15(14)20-9-10-2-4-12(17)5-3-10/h2-7H,9H2,1H3. The molecular weight excluding hydrogens is 281 g/mol. The second kappa shape index (κ2) is 6.27. The van der Waals surface area contributed by atoms with Gasteiger partial charge in [-0.3, -0.25) is 0 Å². The average Bonchev–Trinajstić information content (AvgIpc) is 2.47. The summed E-state index contributed by atoms with van der Waals surface area (Å²) in [6, 6.07) is 11.0. The van der Waals surface area contributed by atoms with E-state index in [1.807, 2.05) is 6.07 Å². The van der Waals surface area contributed by atoms with Crippen LogP contribution in [0.5, 0.6) is 11.5 Å². The second-order valence-corrected chi connectivity index (χ2v) is 4.42. The molecule has 0 atom stereocenters. The molecule has 0 saturated heterocycles. The zero-order chi connectivity index (χ0) is 14.5. The Balaban J connectivity index is 2.21. The molecule has 3 nitrogen and oxygen atoms in total. The van der Waals surface area contributed by atoms with Gasteiger partial charge >= 0.3 is 0 Å². The average molecular weight is 292 g/mol. The summed E-state index contributed by atoms with van der Waals surface area (Å²) in [6.45, 7) is 0.224. The normalized spacial score (nSPS) is 9.90. The number of nitriles is 1. The minimum atomic E-state index is -0.303. The first kappa shape index (κ1) is 14.2. The minimum Gasteiger partial charge on any atom is -0.493 e. The second-order valence-electron chi connectivity index (χ2n) is 4.02. The summed E-state index contributed by atoms with van der Waals surface area (Å²) in [6.07, 6.45) is 0. The molecule has 0 fully saturated rings. The molecule has 0 spiro atoms. The van der Waals surface area contributed by atoms with E-state index in [2.05, 4.69) is 0 Å². The van der Waals surface area contributed by atoms with Crippen molar-refractivity contribution >= 4 is 11.6 Å². The van der Waals surface area contributed by atoms with Crippen LogP contribution in [0, 0.1) is 17.1 Å². The van der Waals surface area contributed by atoms with E-state index in [9.17, 15) is 4.39 Å². The van der Waals surface area contributed by atoms with E-state index in [0.29, 0.717) is 22.1 Å². The number of nitrogens with zero attached hydrogens (tertiary/aromatic N) is 1.